The van der Waals surface area contributed by atoms with Crippen LogP contribution in [0.1, 0.15) is 5.56 Å². The average molecular weight is 401 g/mol. The molecule has 0 atom stereocenters. The van der Waals surface area contributed by atoms with Crippen molar-refractivity contribution in [3.63, 3.8) is 0 Å². The van der Waals surface area contributed by atoms with Crippen LogP contribution >= 0.6 is 12.2 Å². The van der Waals surface area contributed by atoms with Crippen molar-refractivity contribution in [1.82, 2.24) is 0 Å². The molecule has 0 aliphatic heterocycles. The van der Waals surface area contributed by atoms with Crippen LogP contribution in [-0.2, 0) is 6.18 Å². The zero-order chi connectivity index (χ0) is 20.2. The number of ether oxygens (including phenoxy) is 2. The van der Waals surface area contributed by atoms with Crippen LogP contribution in [0.2, 0.25) is 0 Å². The molecule has 11 heteroatoms. The van der Waals surface area contributed by atoms with Gasteiger partial charge in [0.25, 0.3) is 5.69 Å². The molecule has 0 aliphatic carbocycles. The molecule has 0 bridgehead atoms. The van der Waals surface area contributed by atoms with Gasteiger partial charge in [-0.15, -0.1) is 0 Å². The van der Waals surface area contributed by atoms with E-state index in [1.54, 1.807) is 18.2 Å². The number of non-ortho nitro benzene ring substituents is 1. The third-order valence-corrected chi connectivity index (χ3v) is 3.58. The Bertz CT molecular complexity index is 852. The van der Waals surface area contributed by atoms with Gasteiger partial charge >= 0.3 is 6.18 Å². The molecular formula is C16H14F3N3O4S. The molecule has 27 heavy (non-hydrogen) atoms. The molecule has 2 N–H and O–H groups in total. The number of halogens is 3. The Labute approximate surface area is 157 Å². The van der Waals surface area contributed by atoms with E-state index in [9.17, 15) is 23.3 Å². The Morgan fingerprint density at radius 3 is 2.15 bits per heavy atom. The van der Waals surface area contributed by atoms with Gasteiger partial charge in [0.1, 0.15) is 11.5 Å². The van der Waals surface area contributed by atoms with E-state index in [0.717, 1.165) is 12.1 Å². The Morgan fingerprint density at radius 2 is 1.67 bits per heavy atom. The summed E-state index contributed by atoms with van der Waals surface area (Å²) in [6.45, 7) is 0. The van der Waals surface area contributed by atoms with Gasteiger partial charge in [-0.05, 0) is 18.3 Å². The molecule has 0 saturated carbocycles. The van der Waals surface area contributed by atoms with Gasteiger partial charge in [0, 0.05) is 36.0 Å². The van der Waals surface area contributed by atoms with Crippen LogP contribution in [0.3, 0.4) is 0 Å². The molecular weight excluding hydrogens is 387 g/mol. The van der Waals surface area contributed by atoms with Gasteiger partial charge in [-0.1, -0.05) is 0 Å². The highest BCUT2D eigenvalue weighted by Crippen LogP contribution is 2.37. The number of nitrogens with zero attached hydrogens (tertiary/aromatic N) is 1. The number of methoxy groups -OCH3 is 2. The minimum atomic E-state index is -4.80. The second-order valence-electron chi connectivity index (χ2n) is 5.17. The Hall–Kier alpha value is -3.08. The van der Waals surface area contributed by atoms with Gasteiger partial charge in [-0.25, -0.2) is 0 Å². The van der Waals surface area contributed by atoms with Crippen molar-refractivity contribution in [3.05, 3.63) is 52.1 Å². The molecule has 0 aromatic heterocycles. The van der Waals surface area contributed by atoms with Crippen molar-refractivity contribution in [2.24, 2.45) is 0 Å². The first-order valence-corrected chi connectivity index (χ1v) is 7.71. The molecule has 0 saturated heterocycles. The van der Waals surface area contributed by atoms with Crippen LogP contribution in [0.4, 0.5) is 30.2 Å². The van der Waals surface area contributed by atoms with Crippen molar-refractivity contribution >= 4 is 34.4 Å². The molecule has 0 spiro atoms. The zero-order valence-corrected chi connectivity index (χ0v) is 14.9. The highest BCUT2D eigenvalue weighted by Gasteiger charge is 2.35. The quantitative estimate of drug-likeness (QED) is 0.435. The predicted molar refractivity (Wildman–Crippen MR) is 97.5 cm³/mol. The summed E-state index contributed by atoms with van der Waals surface area (Å²) in [6, 6.07) is 7.09. The minimum absolute atomic E-state index is 0.148. The highest BCUT2D eigenvalue weighted by atomic mass is 32.1. The van der Waals surface area contributed by atoms with Gasteiger partial charge in [0.05, 0.1) is 30.4 Å². The van der Waals surface area contributed by atoms with Crippen LogP contribution in [0.25, 0.3) is 0 Å². The number of hydrogen-bond donors (Lipinski definition) is 2. The monoisotopic (exact) mass is 401 g/mol. The molecule has 2 aromatic carbocycles. The van der Waals surface area contributed by atoms with E-state index in [1.807, 2.05) is 0 Å². The van der Waals surface area contributed by atoms with Crippen molar-refractivity contribution in [1.29, 1.82) is 0 Å². The summed E-state index contributed by atoms with van der Waals surface area (Å²) in [7, 11) is 2.89. The molecule has 0 fully saturated rings. The highest BCUT2D eigenvalue weighted by molar-refractivity contribution is 7.80. The number of nitro benzene ring substituents is 1. The summed E-state index contributed by atoms with van der Waals surface area (Å²) in [5.74, 6) is 0.900. The molecule has 0 aliphatic rings. The number of nitro groups is 1. The summed E-state index contributed by atoms with van der Waals surface area (Å²) in [4.78, 5) is 9.83. The fraction of sp³-hybridized carbons (Fsp3) is 0.188. The summed E-state index contributed by atoms with van der Waals surface area (Å²) < 4.78 is 49.8. The third-order valence-electron chi connectivity index (χ3n) is 3.38. The molecule has 0 amide bonds. The second kappa shape index (κ2) is 8.08. The van der Waals surface area contributed by atoms with Crippen molar-refractivity contribution in [2.45, 2.75) is 6.18 Å². The Kier molecular flexibility index (Phi) is 6.05. The number of rotatable bonds is 5. The van der Waals surface area contributed by atoms with Crippen LogP contribution in [0, 0.1) is 10.1 Å². The van der Waals surface area contributed by atoms with E-state index >= 15 is 0 Å². The summed E-state index contributed by atoms with van der Waals surface area (Å²) in [5, 5.41) is 15.7. The van der Waals surface area contributed by atoms with E-state index in [1.165, 1.54) is 14.2 Å². The number of nitrogens with one attached hydrogen (secondary N) is 2. The lowest BCUT2D eigenvalue weighted by Gasteiger charge is -2.16. The fourth-order valence-electron chi connectivity index (χ4n) is 2.15. The molecule has 2 aromatic rings. The van der Waals surface area contributed by atoms with Crippen LogP contribution in [0.15, 0.2) is 36.4 Å². The normalized spacial score (nSPS) is 10.9. The lowest BCUT2D eigenvalue weighted by molar-refractivity contribution is -0.385. The zero-order valence-electron chi connectivity index (χ0n) is 14.1. The Morgan fingerprint density at radius 1 is 1.07 bits per heavy atom. The summed E-state index contributed by atoms with van der Waals surface area (Å²) in [6.07, 6.45) is -4.80. The first-order valence-electron chi connectivity index (χ1n) is 7.30. The van der Waals surface area contributed by atoms with Crippen molar-refractivity contribution < 1.29 is 27.6 Å². The van der Waals surface area contributed by atoms with Crippen LogP contribution in [0.5, 0.6) is 11.5 Å². The SMILES string of the molecule is COc1cc(NC(=S)Nc2ccc([N+](=O)[O-])cc2C(F)(F)F)cc(OC)c1. The maximum absolute atomic E-state index is 13.2. The topological polar surface area (TPSA) is 85.7 Å². The van der Waals surface area contributed by atoms with E-state index in [4.69, 9.17) is 21.7 Å². The van der Waals surface area contributed by atoms with E-state index < -0.39 is 28.0 Å². The van der Waals surface area contributed by atoms with Gasteiger partial charge in [0.15, 0.2) is 5.11 Å². The third kappa shape index (κ3) is 5.20. The number of thiocarbonyl (C=S) groups is 1. The molecule has 0 radical (unpaired) electrons. The standard InChI is InChI=1S/C16H14F3N3O4S/c1-25-11-5-9(6-12(8-11)26-2)20-15(27)21-14-4-3-10(22(23)24)7-13(14)16(17,18)19/h3-8H,1-2H3,(H2,20,21,27). The number of hydrogen-bond acceptors (Lipinski definition) is 5. The van der Waals surface area contributed by atoms with Gasteiger partial charge in [0.2, 0.25) is 0 Å². The Balaban J connectivity index is 2.27. The fourth-order valence-corrected chi connectivity index (χ4v) is 2.38. The minimum Gasteiger partial charge on any atom is -0.497 e. The molecule has 144 valence electrons. The molecule has 7 nitrogen and oxygen atoms in total. The summed E-state index contributed by atoms with van der Waals surface area (Å²) in [5.41, 5.74) is -1.88. The van der Waals surface area contributed by atoms with Gasteiger partial charge < -0.3 is 20.1 Å². The van der Waals surface area contributed by atoms with Gasteiger partial charge in [-0.3, -0.25) is 10.1 Å². The second-order valence-corrected chi connectivity index (χ2v) is 5.57. The van der Waals surface area contributed by atoms with Gasteiger partial charge in [-0.2, -0.15) is 13.2 Å². The van der Waals surface area contributed by atoms with Crippen molar-refractivity contribution in [2.75, 3.05) is 24.9 Å². The lowest BCUT2D eigenvalue weighted by Crippen LogP contribution is -2.21. The lowest BCUT2D eigenvalue weighted by atomic mass is 10.1. The largest absolute Gasteiger partial charge is 0.497 e. The molecule has 2 rings (SSSR count). The smallest absolute Gasteiger partial charge is 0.418 e. The van der Waals surface area contributed by atoms with E-state index in [-0.39, 0.29) is 5.11 Å². The summed E-state index contributed by atoms with van der Waals surface area (Å²) >= 11 is 5.04. The van der Waals surface area contributed by atoms with Crippen LogP contribution < -0.4 is 20.1 Å². The average Bonchev–Trinajstić information content (AvgIpc) is 2.60. The van der Waals surface area contributed by atoms with Crippen molar-refractivity contribution in [3.8, 4) is 11.5 Å². The van der Waals surface area contributed by atoms with E-state index in [0.29, 0.717) is 23.3 Å². The number of alkyl halides is 3. The van der Waals surface area contributed by atoms with E-state index in [2.05, 4.69) is 10.6 Å². The molecule has 0 heterocycles. The maximum atomic E-state index is 13.2. The maximum Gasteiger partial charge on any atom is 0.418 e. The first-order chi connectivity index (χ1) is 12.6. The van der Waals surface area contributed by atoms with Crippen LogP contribution in [-0.4, -0.2) is 24.3 Å². The number of benzene rings is 2. The molecule has 0 unspecified atom stereocenters. The first kappa shape index (κ1) is 20.2. The predicted octanol–water partition coefficient (Wildman–Crippen LogP) is 4.44. The number of anilines is 2.